The molecule has 1 aliphatic carbocycles. The average molecular weight is 282 g/mol. The van der Waals surface area contributed by atoms with Gasteiger partial charge in [-0.15, -0.1) is 0 Å². The highest BCUT2D eigenvalue weighted by Gasteiger charge is 2.21. The highest BCUT2D eigenvalue weighted by atomic mass is 35.5. The number of halogens is 1. The number of carbonyl (C=O) groups is 1. The van der Waals surface area contributed by atoms with E-state index >= 15 is 0 Å². The lowest BCUT2D eigenvalue weighted by molar-refractivity contribution is 0.112. The zero-order chi connectivity index (χ0) is 13.8. The average Bonchev–Trinajstić information content (AvgIpc) is 2.39. The second-order valence-corrected chi connectivity index (χ2v) is 5.57. The van der Waals surface area contributed by atoms with E-state index in [-0.39, 0.29) is 5.15 Å². The third kappa shape index (κ3) is 3.44. The molecule has 1 aliphatic rings. The number of nitrogens with one attached hydrogen (secondary N) is 1. The van der Waals surface area contributed by atoms with Gasteiger partial charge in [-0.2, -0.15) is 0 Å². The molecule has 1 N–H and O–H groups in total. The Morgan fingerprint density at radius 3 is 2.58 bits per heavy atom. The zero-order valence-electron chi connectivity index (χ0n) is 11.4. The van der Waals surface area contributed by atoms with Crippen LogP contribution in [0.3, 0.4) is 0 Å². The molecule has 1 aromatic heterocycles. The molecule has 1 aromatic rings. The molecular formula is C14H20ClN3O. The first-order chi connectivity index (χ1) is 9.13. The van der Waals surface area contributed by atoms with Crippen LogP contribution in [0.4, 0.5) is 5.82 Å². The second kappa shape index (κ2) is 6.33. The van der Waals surface area contributed by atoms with Crippen molar-refractivity contribution in [2.24, 2.45) is 5.92 Å². The van der Waals surface area contributed by atoms with Gasteiger partial charge in [-0.1, -0.05) is 24.9 Å². The number of anilines is 1. The van der Waals surface area contributed by atoms with Crippen molar-refractivity contribution in [3.8, 4) is 0 Å². The minimum Gasteiger partial charge on any atom is -0.367 e. The minimum absolute atomic E-state index is 0.229. The molecule has 0 spiro atoms. The van der Waals surface area contributed by atoms with Crippen molar-refractivity contribution in [3.05, 3.63) is 16.5 Å². The Labute approximate surface area is 119 Å². The number of hydrogen-bond acceptors (Lipinski definition) is 4. The number of aldehydes is 1. The first-order valence-electron chi connectivity index (χ1n) is 6.89. The molecule has 1 heterocycles. The van der Waals surface area contributed by atoms with Crippen LogP contribution in [0.2, 0.25) is 5.15 Å². The highest BCUT2D eigenvalue weighted by molar-refractivity contribution is 6.32. The maximum absolute atomic E-state index is 11.1. The van der Waals surface area contributed by atoms with Crippen LogP contribution in [0.1, 0.15) is 55.2 Å². The van der Waals surface area contributed by atoms with Gasteiger partial charge in [-0.3, -0.25) is 4.79 Å². The van der Waals surface area contributed by atoms with Gasteiger partial charge >= 0.3 is 0 Å². The van der Waals surface area contributed by atoms with Gasteiger partial charge in [-0.05, 0) is 38.5 Å². The van der Waals surface area contributed by atoms with Crippen molar-refractivity contribution in [3.63, 3.8) is 0 Å². The third-order valence-electron chi connectivity index (χ3n) is 3.89. The molecule has 2 rings (SSSR count). The second-order valence-electron chi connectivity index (χ2n) is 5.21. The number of nitrogens with zero attached hydrogens (tertiary/aromatic N) is 2. The van der Waals surface area contributed by atoms with Crippen LogP contribution >= 0.6 is 11.6 Å². The van der Waals surface area contributed by atoms with Crippen molar-refractivity contribution < 1.29 is 4.79 Å². The molecule has 0 unspecified atom stereocenters. The SMILES string of the molecule is CCC1CCC(Nc2nc(C)nc(Cl)c2C=O)CC1. The van der Waals surface area contributed by atoms with Crippen LogP contribution in [0.25, 0.3) is 0 Å². The molecule has 1 fully saturated rings. The molecule has 0 radical (unpaired) electrons. The Balaban J connectivity index is 2.09. The summed E-state index contributed by atoms with van der Waals surface area (Å²) < 4.78 is 0. The summed E-state index contributed by atoms with van der Waals surface area (Å²) in [7, 11) is 0. The summed E-state index contributed by atoms with van der Waals surface area (Å²) in [6, 6.07) is 0.381. The summed E-state index contributed by atoms with van der Waals surface area (Å²) in [5.41, 5.74) is 0.366. The van der Waals surface area contributed by atoms with E-state index in [1.807, 2.05) is 0 Å². The Kier molecular flexibility index (Phi) is 4.75. The largest absolute Gasteiger partial charge is 0.367 e. The van der Waals surface area contributed by atoms with Crippen molar-refractivity contribution in [2.45, 2.75) is 52.0 Å². The Bertz CT molecular complexity index is 456. The molecule has 4 nitrogen and oxygen atoms in total. The maximum Gasteiger partial charge on any atom is 0.156 e. The van der Waals surface area contributed by atoms with Gasteiger partial charge in [0.15, 0.2) is 6.29 Å². The fraction of sp³-hybridized carbons (Fsp3) is 0.643. The summed E-state index contributed by atoms with van der Waals surface area (Å²) in [4.78, 5) is 19.4. The van der Waals surface area contributed by atoms with Gasteiger partial charge in [0.25, 0.3) is 0 Å². The van der Waals surface area contributed by atoms with Crippen LogP contribution in [-0.4, -0.2) is 22.3 Å². The molecule has 5 heteroatoms. The van der Waals surface area contributed by atoms with E-state index in [0.717, 1.165) is 25.0 Å². The topological polar surface area (TPSA) is 54.9 Å². The monoisotopic (exact) mass is 281 g/mol. The van der Waals surface area contributed by atoms with Gasteiger partial charge < -0.3 is 5.32 Å². The van der Waals surface area contributed by atoms with Crippen LogP contribution in [0, 0.1) is 12.8 Å². The van der Waals surface area contributed by atoms with E-state index in [4.69, 9.17) is 11.6 Å². The van der Waals surface area contributed by atoms with Crippen LogP contribution < -0.4 is 5.32 Å². The molecule has 1 saturated carbocycles. The van der Waals surface area contributed by atoms with E-state index in [9.17, 15) is 4.79 Å². The minimum atomic E-state index is 0.229. The smallest absolute Gasteiger partial charge is 0.156 e. The van der Waals surface area contributed by atoms with Gasteiger partial charge in [0.2, 0.25) is 0 Å². The fourth-order valence-electron chi connectivity index (χ4n) is 2.67. The molecule has 0 bridgehead atoms. The molecule has 0 aromatic carbocycles. The molecule has 0 saturated heterocycles. The number of carbonyl (C=O) groups excluding carboxylic acids is 1. The molecule has 0 atom stereocenters. The molecule has 0 aliphatic heterocycles. The summed E-state index contributed by atoms with van der Waals surface area (Å²) in [6.45, 7) is 4.02. The van der Waals surface area contributed by atoms with Crippen molar-refractivity contribution in [2.75, 3.05) is 5.32 Å². The normalized spacial score (nSPS) is 23.1. The maximum atomic E-state index is 11.1. The molecular weight excluding hydrogens is 262 g/mol. The molecule has 19 heavy (non-hydrogen) atoms. The lowest BCUT2D eigenvalue weighted by atomic mass is 9.84. The number of aromatic nitrogens is 2. The van der Waals surface area contributed by atoms with Crippen molar-refractivity contribution in [1.29, 1.82) is 0 Å². The van der Waals surface area contributed by atoms with Gasteiger partial charge in [0.05, 0.1) is 5.56 Å². The first kappa shape index (κ1) is 14.3. The Morgan fingerprint density at radius 1 is 1.32 bits per heavy atom. The van der Waals surface area contributed by atoms with Crippen LogP contribution in [0.15, 0.2) is 0 Å². The third-order valence-corrected chi connectivity index (χ3v) is 4.18. The molecule has 0 amide bonds. The Hall–Kier alpha value is -1.16. The number of rotatable bonds is 4. The predicted octanol–water partition coefficient (Wildman–Crippen LogP) is 3.63. The lowest BCUT2D eigenvalue weighted by Crippen LogP contribution is -2.27. The summed E-state index contributed by atoms with van der Waals surface area (Å²) in [5, 5.41) is 3.59. The predicted molar refractivity (Wildman–Crippen MR) is 76.8 cm³/mol. The van der Waals surface area contributed by atoms with Crippen molar-refractivity contribution >= 4 is 23.7 Å². The number of hydrogen-bond donors (Lipinski definition) is 1. The van der Waals surface area contributed by atoms with E-state index in [0.29, 0.717) is 23.2 Å². The summed E-state index contributed by atoms with van der Waals surface area (Å²) >= 11 is 5.98. The van der Waals surface area contributed by atoms with E-state index in [2.05, 4.69) is 22.2 Å². The van der Waals surface area contributed by atoms with E-state index < -0.39 is 0 Å². The fourth-order valence-corrected chi connectivity index (χ4v) is 2.93. The van der Waals surface area contributed by atoms with Gasteiger partial charge in [0, 0.05) is 6.04 Å². The zero-order valence-corrected chi connectivity index (χ0v) is 12.2. The Morgan fingerprint density at radius 2 is 2.00 bits per heavy atom. The number of aryl methyl sites for hydroxylation is 1. The standard InChI is InChI=1S/C14H20ClN3O/c1-3-10-4-6-11(7-5-10)18-14-12(8-19)13(15)16-9(2)17-14/h8,10-11H,3-7H2,1-2H3,(H,16,17,18). The first-order valence-corrected chi connectivity index (χ1v) is 7.27. The quantitative estimate of drug-likeness (QED) is 0.676. The lowest BCUT2D eigenvalue weighted by Gasteiger charge is -2.29. The van der Waals surface area contributed by atoms with Crippen LogP contribution in [0.5, 0.6) is 0 Å². The van der Waals surface area contributed by atoms with Gasteiger partial charge in [0.1, 0.15) is 16.8 Å². The van der Waals surface area contributed by atoms with E-state index in [1.165, 1.54) is 19.3 Å². The summed E-state index contributed by atoms with van der Waals surface area (Å²) in [6.07, 6.45) is 6.70. The van der Waals surface area contributed by atoms with E-state index in [1.54, 1.807) is 6.92 Å². The van der Waals surface area contributed by atoms with Crippen molar-refractivity contribution in [1.82, 2.24) is 9.97 Å². The summed E-state index contributed by atoms with van der Waals surface area (Å²) in [5.74, 6) is 2.01. The van der Waals surface area contributed by atoms with Gasteiger partial charge in [-0.25, -0.2) is 9.97 Å². The molecule has 104 valence electrons. The highest BCUT2D eigenvalue weighted by Crippen LogP contribution is 2.29. The van der Waals surface area contributed by atoms with Crippen LogP contribution in [-0.2, 0) is 0 Å².